The summed E-state index contributed by atoms with van der Waals surface area (Å²) in [5.41, 5.74) is -0.715. The lowest BCUT2D eigenvalue weighted by molar-refractivity contribution is -0.139. The molecular formula is C14H14O7. The van der Waals surface area contributed by atoms with Crippen LogP contribution >= 0.6 is 0 Å². The Kier molecular flexibility index (Phi) is 4.32. The van der Waals surface area contributed by atoms with E-state index in [0.29, 0.717) is 6.42 Å². The molecule has 0 saturated carbocycles. The van der Waals surface area contributed by atoms with Crippen molar-refractivity contribution in [3.05, 3.63) is 28.6 Å². The Labute approximate surface area is 119 Å². The number of ether oxygens (including phenoxy) is 2. The number of aliphatic carboxylic acids is 1. The number of fused-ring (bicyclic) bond motifs is 1. The van der Waals surface area contributed by atoms with Crippen molar-refractivity contribution in [1.82, 2.24) is 0 Å². The van der Waals surface area contributed by atoms with Crippen LogP contribution in [0.4, 0.5) is 0 Å². The van der Waals surface area contributed by atoms with Crippen LogP contribution in [0.1, 0.15) is 13.3 Å². The van der Waals surface area contributed by atoms with Crippen LogP contribution in [-0.2, 0) is 4.79 Å². The summed E-state index contributed by atoms with van der Waals surface area (Å²) in [4.78, 5) is 22.2. The van der Waals surface area contributed by atoms with Crippen LogP contribution in [0.15, 0.2) is 27.4 Å². The van der Waals surface area contributed by atoms with Crippen molar-refractivity contribution in [2.45, 2.75) is 13.3 Å². The summed E-state index contributed by atoms with van der Waals surface area (Å²) in [6.45, 7) is 1.63. The number of carboxylic acids is 1. The normalized spacial score (nSPS) is 10.5. The van der Waals surface area contributed by atoms with Gasteiger partial charge in [0.05, 0.1) is 12.0 Å². The van der Waals surface area contributed by atoms with E-state index in [2.05, 4.69) is 0 Å². The molecule has 0 aliphatic rings. The summed E-state index contributed by atoms with van der Waals surface area (Å²) < 4.78 is 15.2. The smallest absolute Gasteiger partial charge is 0.383 e. The molecule has 7 heteroatoms. The van der Waals surface area contributed by atoms with Crippen LogP contribution in [-0.4, -0.2) is 29.4 Å². The fourth-order valence-electron chi connectivity index (χ4n) is 1.71. The van der Waals surface area contributed by atoms with Crippen LogP contribution in [0.3, 0.4) is 0 Å². The Bertz CT molecular complexity index is 717. The van der Waals surface area contributed by atoms with E-state index in [-0.39, 0.29) is 34.8 Å². The lowest BCUT2D eigenvalue weighted by Crippen LogP contribution is -2.10. The zero-order valence-electron chi connectivity index (χ0n) is 11.3. The maximum absolute atomic E-state index is 11.8. The summed E-state index contributed by atoms with van der Waals surface area (Å²) in [7, 11) is 0. The van der Waals surface area contributed by atoms with E-state index in [0.717, 1.165) is 0 Å². The molecule has 0 aliphatic heterocycles. The van der Waals surface area contributed by atoms with Crippen molar-refractivity contribution in [2.75, 3.05) is 13.2 Å². The molecular weight excluding hydrogens is 280 g/mol. The van der Waals surface area contributed by atoms with E-state index in [1.54, 1.807) is 0 Å². The van der Waals surface area contributed by atoms with Gasteiger partial charge in [-0.25, -0.2) is 9.59 Å². The zero-order valence-corrected chi connectivity index (χ0v) is 11.3. The van der Waals surface area contributed by atoms with E-state index >= 15 is 0 Å². The number of hydrogen-bond acceptors (Lipinski definition) is 6. The molecule has 112 valence electrons. The van der Waals surface area contributed by atoms with E-state index in [9.17, 15) is 14.7 Å². The van der Waals surface area contributed by atoms with Gasteiger partial charge in [0, 0.05) is 6.07 Å². The molecule has 7 nitrogen and oxygen atoms in total. The maximum atomic E-state index is 11.8. The van der Waals surface area contributed by atoms with Gasteiger partial charge >= 0.3 is 11.6 Å². The molecule has 2 rings (SSSR count). The molecule has 21 heavy (non-hydrogen) atoms. The average molecular weight is 294 g/mol. The monoisotopic (exact) mass is 294 g/mol. The van der Waals surface area contributed by atoms with Gasteiger partial charge in [0.25, 0.3) is 0 Å². The van der Waals surface area contributed by atoms with E-state index in [4.69, 9.17) is 19.0 Å². The Morgan fingerprint density at radius 2 is 2.10 bits per heavy atom. The predicted octanol–water partition coefficient (Wildman–Crippen LogP) is 1.75. The number of rotatable bonds is 6. The lowest BCUT2D eigenvalue weighted by atomic mass is 10.2. The fraction of sp³-hybridized carbons (Fsp3) is 0.286. The molecule has 0 unspecified atom stereocenters. The van der Waals surface area contributed by atoms with Gasteiger partial charge in [-0.2, -0.15) is 0 Å². The standard InChI is InChI=1S/C14H14O7/c1-2-5-19-13-12(17)9-4-3-8(20-7-11(15)16)6-10(9)21-14(13)18/h3-4,6,17H,2,5,7H2,1H3,(H,15,16). The van der Waals surface area contributed by atoms with Crippen LogP contribution in [0.5, 0.6) is 17.2 Å². The van der Waals surface area contributed by atoms with Gasteiger partial charge in [0.2, 0.25) is 5.75 Å². The highest BCUT2D eigenvalue weighted by molar-refractivity contribution is 5.86. The topological polar surface area (TPSA) is 106 Å². The maximum Gasteiger partial charge on any atom is 0.383 e. The van der Waals surface area contributed by atoms with Crippen molar-refractivity contribution < 1.29 is 28.9 Å². The SMILES string of the molecule is CCCOc1c(O)c2ccc(OCC(=O)O)cc2oc1=O. The van der Waals surface area contributed by atoms with Crippen molar-refractivity contribution >= 4 is 16.9 Å². The van der Waals surface area contributed by atoms with E-state index in [1.165, 1.54) is 18.2 Å². The minimum Gasteiger partial charge on any atom is -0.504 e. The number of hydrogen-bond donors (Lipinski definition) is 2. The molecule has 0 bridgehead atoms. The molecule has 0 spiro atoms. The predicted molar refractivity (Wildman–Crippen MR) is 73.1 cm³/mol. The van der Waals surface area contributed by atoms with Crippen LogP contribution in [0.25, 0.3) is 11.0 Å². The van der Waals surface area contributed by atoms with Crippen molar-refractivity contribution in [2.24, 2.45) is 0 Å². The highest BCUT2D eigenvalue weighted by Crippen LogP contribution is 2.33. The molecule has 2 aromatic rings. The van der Waals surface area contributed by atoms with Crippen LogP contribution in [0, 0.1) is 0 Å². The summed E-state index contributed by atoms with van der Waals surface area (Å²) in [5, 5.41) is 18.9. The molecule has 0 aliphatic carbocycles. The van der Waals surface area contributed by atoms with Crippen LogP contribution < -0.4 is 15.1 Å². The molecule has 1 aromatic heterocycles. The minimum absolute atomic E-state index is 0.0873. The molecule has 0 fully saturated rings. The number of carbonyl (C=O) groups is 1. The number of aromatic hydroxyl groups is 1. The first-order valence-corrected chi connectivity index (χ1v) is 6.30. The zero-order chi connectivity index (χ0) is 15.4. The largest absolute Gasteiger partial charge is 0.504 e. The lowest BCUT2D eigenvalue weighted by Gasteiger charge is -2.08. The van der Waals surface area contributed by atoms with Gasteiger partial charge in [-0.05, 0) is 18.6 Å². The Morgan fingerprint density at radius 1 is 1.33 bits per heavy atom. The van der Waals surface area contributed by atoms with Gasteiger partial charge < -0.3 is 24.1 Å². The van der Waals surface area contributed by atoms with Gasteiger partial charge in [-0.3, -0.25) is 0 Å². The highest BCUT2D eigenvalue weighted by Gasteiger charge is 2.16. The van der Waals surface area contributed by atoms with Gasteiger partial charge in [-0.1, -0.05) is 6.92 Å². The Balaban J connectivity index is 2.41. The molecule has 1 aromatic carbocycles. The van der Waals surface area contributed by atoms with Crippen molar-refractivity contribution in [3.63, 3.8) is 0 Å². The minimum atomic E-state index is -1.12. The number of carboxylic acid groups (broad SMARTS) is 1. The summed E-state index contributed by atoms with van der Waals surface area (Å²) >= 11 is 0. The quantitative estimate of drug-likeness (QED) is 0.781. The second-order valence-corrected chi connectivity index (χ2v) is 4.26. The second-order valence-electron chi connectivity index (χ2n) is 4.26. The first-order chi connectivity index (χ1) is 10.0. The molecule has 1 heterocycles. The van der Waals surface area contributed by atoms with Crippen molar-refractivity contribution in [3.8, 4) is 17.2 Å². The Morgan fingerprint density at radius 3 is 2.76 bits per heavy atom. The third-order valence-electron chi connectivity index (χ3n) is 2.62. The summed E-state index contributed by atoms with van der Waals surface area (Å²) in [6, 6.07) is 4.27. The highest BCUT2D eigenvalue weighted by atomic mass is 16.5. The van der Waals surface area contributed by atoms with E-state index in [1.807, 2.05) is 6.92 Å². The third-order valence-corrected chi connectivity index (χ3v) is 2.62. The summed E-state index contributed by atoms with van der Waals surface area (Å²) in [5.74, 6) is -1.44. The first kappa shape index (κ1) is 14.7. The second kappa shape index (κ2) is 6.17. The number of benzene rings is 1. The molecule has 0 saturated heterocycles. The third kappa shape index (κ3) is 3.25. The molecule has 0 radical (unpaired) electrons. The first-order valence-electron chi connectivity index (χ1n) is 6.30. The molecule has 0 atom stereocenters. The van der Waals surface area contributed by atoms with Crippen LogP contribution in [0.2, 0.25) is 0 Å². The van der Waals surface area contributed by atoms with E-state index < -0.39 is 18.2 Å². The molecule has 2 N–H and O–H groups in total. The fourth-order valence-corrected chi connectivity index (χ4v) is 1.71. The van der Waals surface area contributed by atoms with Gasteiger partial charge in [0.1, 0.15) is 11.3 Å². The summed E-state index contributed by atoms with van der Waals surface area (Å²) in [6.07, 6.45) is 0.679. The van der Waals surface area contributed by atoms with Gasteiger partial charge in [-0.15, -0.1) is 0 Å². The molecule has 0 amide bonds. The Hall–Kier alpha value is -2.70. The van der Waals surface area contributed by atoms with Gasteiger partial charge in [0.15, 0.2) is 12.4 Å². The average Bonchev–Trinajstić information content (AvgIpc) is 2.44. The van der Waals surface area contributed by atoms with Crippen molar-refractivity contribution in [1.29, 1.82) is 0 Å².